The molecule has 0 aliphatic rings. The van der Waals surface area contributed by atoms with Gasteiger partial charge in [-0.2, -0.15) is 13.2 Å². The Balaban J connectivity index is 3.20. The third-order valence-corrected chi connectivity index (χ3v) is 2.56. The summed E-state index contributed by atoms with van der Waals surface area (Å²) in [6, 6.07) is 0.948. The van der Waals surface area contributed by atoms with E-state index in [1.165, 1.54) is 0 Å². The molecular formula is C8H6Cl2F3N3O2. The van der Waals surface area contributed by atoms with Gasteiger partial charge in [-0.15, -0.1) is 10.2 Å². The first kappa shape index (κ1) is 14.8. The first-order valence-corrected chi connectivity index (χ1v) is 5.10. The number of halogens is 5. The Morgan fingerprint density at radius 3 is 2.39 bits per heavy atom. The van der Waals surface area contributed by atoms with Gasteiger partial charge in [0, 0.05) is 6.07 Å². The van der Waals surface area contributed by atoms with Crippen LogP contribution in [0.5, 0.6) is 0 Å². The monoisotopic (exact) mass is 303 g/mol. The second-order valence-corrected chi connectivity index (χ2v) is 4.17. The van der Waals surface area contributed by atoms with Crippen molar-refractivity contribution in [2.45, 2.75) is 18.6 Å². The van der Waals surface area contributed by atoms with E-state index in [1.54, 1.807) is 5.32 Å². The molecule has 0 amide bonds. The Kier molecular flexibility index (Phi) is 3.92. The first-order valence-electron chi connectivity index (χ1n) is 4.35. The number of carboxylic acids is 1. The molecule has 1 aromatic rings. The molecule has 1 atom stereocenters. The van der Waals surface area contributed by atoms with Crippen LogP contribution in [-0.4, -0.2) is 33.0 Å². The number of anilines is 1. The molecule has 0 radical (unpaired) electrons. The molecule has 0 saturated heterocycles. The zero-order valence-corrected chi connectivity index (χ0v) is 10.2. The lowest BCUT2D eigenvalue weighted by atomic mass is 10.0. The molecule has 0 bridgehead atoms. The van der Waals surface area contributed by atoms with Crippen molar-refractivity contribution in [3.8, 4) is 0 Å². The largest absolute Gasteiger partial charge is 0.479 e. The maximum atomic E-state index is 12.7. The number of carboxylic acid groups (broad SMARTS) is 1. The minimum Gasteiger partial charge on any atom is -0.479 e. The van der Waals surface area contributed by atoms with Crippen LogP contribution in [0.2, 0.25) is 10.3 Å². The highest BCUT2D eigenvalue weighted by Gasteiger charge is 2.57. The van der Waals surface area contributed by atoms with Gasteiger partial charge in [0.05, 0.1) is 5.69 Å². The van der Waals surface area contributed by atoms with Gasteiger partial charge < -0.3 is 10.4 Å². The number of hydrogen-bond donors (Lipinski definition) is 2. The van der Waals surface area contributed by atoms with Crippen LogP contribution in [0.1, 0.15) is 6.92 Å². The van der Waals surface area contributed by atoms with E-state index in [1.807, 2.05) is 0 Å². The van der Waals surface area contributed by atoms with Crippen LogP contribution in [0.4, 0.5) is 18.9 Å². The van der Waals surface area contributed by atoms with Crippen molar-refractivity contribution in [2.75, 3.05) is 5.32 Å². The average Bonchev–Trinajstić information content (AvgIpc) is 2.21. The van der Waals surface area contributed by atoms with E-state index in [-0.39, 0.29) is 10.8 Å². The van der Waals surface area contributed by atoms with Crippen molar-refractivity contribution in [1.82, 2.24) is 10.2 Å². The summed E-state index contributed by atoms with van der Waals surface area (Å²) in [4.78, 5) is 10.8. The number of alkyl halides is 3. The highest BCUT2D eigenvalue weighted by molar-refractivity contribution is 6.33. The predicted octanol–water partition coefficient (Wildman–Crippen LogP) is 2.60. The second kappa shape index (κ2) is 4.77. The molecule has 1 rings (SSSR count). The van der Waals surface area contributed by atoms with Gasteiger partial charge in [0.15, 0.2) is 10.3 Å². The van der Waals surface area contributed by atoms with E-state index in [4.69, 9.17) is 28.3 Å². The molecule has 0 fully saturated rings. The van der Waals surface area contributed by atoms with E-state index < -0.39 is 22.8 Å². The summed E-state index contributed by atoms with van der Waals surface area (Å²) in [5.74, 6) is -2.11. The highest BCUT2D eigenvalue weighted by atomic mass is 35.5. The lowest BCUT2D eigenvalue weighted by Crippen LogP contribution is -2.55. The van der Waals surface area contributed by atoms with Gasteiger partial charge in [0.25, 0.3) is 0 Å². The fraction of sp³-hybridized carbons (Fsp3) is 0.375. The predicted molar refractivity (Wildman–Crippen MR) is 57.8 cm³/mol. The van der Waals surface area contributed by atoms with E-state index in [2.05, 4.69) is 10.2 Å². The SMILES string of the molecule is CC(Nc1cc(Cl)nnc1Cl)(C(=O)O)C(F)(F)F. The van der Waals surface area contributed by atoms with E-state index in [0.29, 0.717) is 6.92 Å². The first-order chi connectivity index (χ1) is 8.08. The zero-order valence-electron chi connectivity index (χ0n) is 8.72. The van der Waals surface area contributed by atoms with Crippen molar-refractivity contribution in [1.29, 1.82) is 0 Å². The smallest absolute Gasteiger partial charge is 0.422 e. The van der Waals surface area contributed by atoms with Gasteiger partial charge in [-0.1, -0.05) is 23.2 Å². The molecule has 5 nitrogen and oxygen atoms in total. The minimum atomic E-state index is -5.04. The van der Waals surface area contributed by atoms with Crippen molar-refractivity contribution in [3.63, 3.8) is 0 Å². The second-order valence-electron chi connectivity index (χ2n) is 3.42. The quantitative estimate of drug-likeness (QED) is 0.897. The molecule has 0 aromatic carbocycles. The summed E-state index contributed by atoms with van der Waals surface area (Å²) < 4.78 is 38.2. The maximum Gasteiger partial charge on any atom is 0.422 e. The van der Waals surface area contributed by atoms with E-state index in [0.717, 1.165) is 6.07 Å². The van der Waals surface area contributed by atoms with Crippen LogP contribution in [0.3, 0.4) is 0 Å². The van der Waals surface area contributed by atoms with Gasteiger partial charge in [-0.05, 0) is 6.92 Å². The van der Waals surface area contributed by atoms with Crippen molar-refractivity contribution < 1.29 is 23.1 Å². The molecule has 1 aromatic heterocycles. The standard InChI is InChI=1S/C8H6Cl2F3N3O2/c1-7(6(17)18,8(11,12)13)14-3-2-4(9)15-16-5(3)10/h2H,1H3,(H,14,15)(H,17,18). The molecule has 100 valence electrons. The van der Waals surface area contributed by atoms with Crippen molar-refractivity contribution in [3.05, 3.63) is 16.4 Å². The number of carbonyl (C=O) groups is 1. The minimum absolute atomic E-state index is 0.225. The topological polar surface area (TPSA) is 75.1 Å². The maximum absolute atomic E-state index is 12.7. The van der Waals surface area contributed by atoms with Gasteiger partial charge in [-0.25, -0.2) is 4.79 Å². The van der Waals surface area contributed by atoms with Crippen molar-refractivity contribution in [2.24, 2.45) is 0 Å². The summed E-state index contributed by atoms with van der Waals surface area (Å²) >= 11 is 10.9. The number of rotatable bonds is 3. The molecule has 0 aliphatic carbocycles. The van der Waals surface area contributed by atoms with Crippen LogP contribution < -0.4 is 5.32 Å². The molecule has 0 aliphatic heterocycles. The highest BCUT2D eigenvalue weighted by Crippen LogP contribution is 2.35. The molecule has 0 spiro atoms. The molecular weight excluding hydrogens is 298 g/mol. The number of nitrogens with zero attached hydrogens (tertiary/aromatic N) is 2. The van der Waals surface area contributed by atoms with Crippen LogP contribution >= 0.6 is 23.2 Å². The fourth-order valence-corrected chi connectivity index (χ4v) is 1.24. The van der Waals surface area contributed by atoms with E-state index in [9.17, 15) is 18.0 Å². The van der Waals surface area contributed by atoms with Crippen LogP contribution in [0, 0.1) is 0 Å². The summed E-state index contributed by atoms with van der Waals surface area (Å²) in [6.45, 7) is 0.458. The molecule has 10 heteroatoms. The molecule has 2 N–H and O–H groups in total. The van der Waals surface area contributed by atoms with E-state index >= 15 is 0 Å². The lowest BCUT2D eigenvalue weighted by Gasteiger charge is -2.29. The molecule has 1 unspecified atom stereocenters. The molecule has 0 saturated carbocycles. The summed E-state index contributed by atoms with van der Waals surface area (Å²) in [7, 11) is 0. The summed E-state index contributed by atoms with van der Waals surface area (Å²) in [5.41, 5.74) is -3.60. The normalized spacial score (nSPS) is 15.0. The number of aliphatic carboxylic acids is 1. The van der Waals surface area contributed by atoms with Gasteiger partial charge in [-0.3, -0.25) is 0 Å². The Morgan fingerprint density at radius 2 is 1.94 bits per heavy atom. The summed E-state index contributed by atoms with van der Waals surface area (Å²) in [6.07, 6.45) is -5.04. The van der Waals surface area contributed by atoms with Crippen LogP contribution in [-0.2, 0) is 4.79 Å². The molecule has 18 heavy (non-hydrogen) atoms. The zero-order chi connectivity index (χ0) is 14.1. The fourth-order valence-electron chi connectivity index (χ4n) is 0.956. The average molecular weight is 304 g/mol. The number of hydrogen-bond acceptors (Lipinski definition) is 4. The van der Waals surface area contributed by atoms with Crippen LogP contribution in [0.25, 0.3) is 0 Å². The third-order valence-electron chi connectivity index (χ3n) is 2.10. The van der Waals surface area contributed by atoms with Gasteiger partial charge in [0.1, 0.15) is 0 Å². The lowest BCUT2D eigenvalue weighted by molar-refractivity contribution is -0.192. The van der Waals surface area contributed by atoms with Gasteiger partial charge in [0.2, 0.25) is 5.54 Å². The Labute approximate surface area is 109 Å². The summed E-state index contributed by atoms with van der Waals surface area (Å²) in [5, 5.41) is 16.4. The Hall–Kier alpha value is -1.28. The van der Waals surface area contributed by atoms with Crippen LogP contribution in [0.15, 0.2) is 6.07 Å². The third kappa shape index (κ3) is 2.75. The number of aromatic nitrogens is 2. The van der Waals surface area contributed by atoms with Gasteiger partial charge >= 0.3 is 12.1 Å². The molecule has 1 heterocycles. The van der Waals surface area contributed by atoms with Crippen molar-refractivity contribution >= 4 is 34.9 Å². The Bertz CT molecular complexity index is 483. The number of nitrogens with one attached hydrogen (secondary N) is 1. The Morgan fingerprint density at radius 1 is 1.39 bits per heavy atom.